The summed E-state index contributed by atoms with van der Waals surface area (Å²) in [5, 5.41) is 19.7. The quantitative estimate of drug-likeness (QED) is 0.248. The third-order valence-corrected chi connectivity index (χ3v) is 4.11. The zero-order valence-corrected chi connectivity index (χ0v) is 19.4. The number of aromatic nitrogens is 1. The minimum Gasteiger partial charge on any atom is -0.384 e. The van der Waals surface area contributed by atoms with Crippen LogP contribution in [-0.2, 0) is 10.4 Å². The van der Waals surface area contributed by atoms with Crippen molar-refractivity contribution in [1.82, 2.24) is 15.6 Å². The van der Waals surface area contributed by atoms with Gasteiger partial charge in [0.1, 0.15) is 11.4 Å². The highest BCUT2D eigenvalue weighted by atomic mass is 127. The van der Waals surface area contributed by atoms with Crippen LogP contribution in [0, 0.1) is 6.92 Å². The monoisotopic (exact) mass is 511 g/mol. The van der Waals surface area contributed by atoms with Crippen molar-refractivity contribution in [3.05, 3.63) is 59.8 Å². The second-order valence-electron chi connectivity index (χ2n) is 6.78. The van der Waals surface area contributed by atoms with Gasteiger partial charge in [-0.3, -0.25) is 4.79 Å². The fraction of sp³-hybridized carbons (Fsp3) is 0.381. The molecule has 1 unspecified atom stereocenters. The molecule has 7 nitrogen and oxygen atoms in total. The van der Waals surface area contributed by atoms with Gasteiger partial charge in [0.15, 0.2) is 5.96 Å². The molecule has 8 heteroatoms. The highest BCUT2D eigenvalue weighted by molar-refractivity contribution is 14.0. The maximum Gasteiger partial charge on any atom is 0.227 e. The lowest BCUT2D eigenvalue weighted by Gasteiger charge is -2.22. The lowest BCUT2D eigenvalue weighted by Crippen LogP contribution is -2.40. The van der Waals surface area contributed by atoms with Crippen LogP contribution in [0.1, 0.15) is 31.4 Å². The molecule has 4 N–H and O–H groups in total. The molecular formula is C21H30IN5O2. The van der Waals surface area contributed by atoms with E-state index >= 15 is 0 Å². The number of carbonyl (C=O) groups excluding carboxylic acids is 1. The number of amides is 1. The van der Waals surface area contributed by atoms with E-state index < -0.39 is 5.60 Å². The third-order valence-electron chi connectivity index (χ3n) is 4.11. The van der Waals surface area contributed by atoms with Crippen molar-refractivity contribution in [3.8, 4) is 0 Å². The Morgan fingerprint density at radius 3 is 2.52 bits per heavy atom. The zero-order valence-electron chi connectivity index (χ0n) is 17.1. The van der Waals surface area contributed by atoms with Crippen LogP contribution in [-0.4, -0.2) is 41.6 Å². The van der Waals surface area contributed by atoms with Crippen molar-refractivity contribution >= 4 is 41.7 Å². The molecule has 0 aliphatic carbocycles. The van der Waals surface area contributed by atoms with E-state index in [-0.39, 0.29) is 42.8 Å². The number of anilines is 1. The number of rotatable bonds is 8. The number of nitrogens with zero attached hydrogens (tertiary/aromatic N) is 2. The molecule has 2 aromatic rings. The van der Waals surface area contributed by atoms with Crippen molar-refractivity contribution in [2.24, 2.45) is 4.99 Å². The molecule has 1 aromatic carbocycles. The van der Waals surface area contributed by atoms with Crippen molar-refractivity contribution in [1.29, 1.82) is 0 Å². The predicted octanol–water partition coefficient (Wildman–Crippen LogP) is 2.80. The van der Waals surface area contributed by atoms with Crippen LogP contribution in [0.2, 0.25) is 0 Å². The van der Waals surface area contributed by atoms with Crippen LogP contribution >= 0.6 is 24.0 Å². The Morgan fingerprint density at radius 1 is 1.17 bits per heavy atom. The van der Waals surface area contributed by atoms with Gasteiger partial charge in [-0.25, -0.2) is 9.98 Å². The van der Waals surface area contributed by atoms with Crippen molar-refractivity contribution in [3.63, 3.8) is 0 Å². The molecule has 29 heavy (non-hydrogen) atoms. The van der Waals surface area contributed by atoms with Crippen molar-refractivity contribution in [2.45, 2.75) is 32.8 Å². The fourth-order valence-electron chi connectivity index (χ4n) is 2.50. The highest BCUT2D eigenvalue weighted by Crippen LogP contribution is 2.20. The van der Waals surface area contributed by atoms with Gasteiger partial charge >= 0.3 is 0 Å². The van der Waals surface area contributed by atoms with Gasteiger partial charge in [-0.05, 0) is 38.0 Å². The molecule has 1 amide bonds. The number of carbonyl (C=O) groups is 1. The average Bonchev–Trinajstić information content (AvgIpc) is 2.68. The molecule has 0 spiro atoms. The van der Waals surface area contributed by atoms with Crippen molar-refractivity contribution < 1.29 is 9.90 Å². The first-order valence-electron chi connectivity index (χ1n) is 9.43. The molecule has 0 saturated heterocycles. The summed E-state index contributed by atoms with van der Waals surface area (Å²) in [6.07, 6.45) is 1.98. The van der Waals surface area contributed by atoms with Crippen LogP contribution in [0.4, 0.5) is 5.82 Å². The molecule has 0 fully saturated rings. The first-order valence-corrected chi connectivity index (χ1v) is 9.43. The number of aliphatic hydroxyl groups is 1. The summed E-state index contributed by atoms with van der Waals surface area (Å²) in [5.41, 5.74) is 0.773. The Kier molecular flexibility index (Phi) is 10.6. The number of aryl methyl sites for hydroxylation is 1. The average molecular weight is 511 g/mol. The Labute approximate surface area is 189 Å². The number of aliphatic imine (C=N–C) groups is 1. The Hall–Kier alpha value is -2.20. The molecular weight excluding hydrogens is 481 g/mol. The fourth-order valence-corrected chi connectivity index (χ4v) is 2.50. The number of nitrogens with one attached hydrogen (secondary N) is 3. The molecule has 0 radical (unpaired) electrons. The Morgan fingerprint density at radius 2 is 1.90 bits per heavy atom. The standard InChI is InChI=1S/C21H29N5O2.HI/c1-4-22-20(25-15-21(3,28)17-8-6-5-7-9-17)23-13-12-19(27)26-18-11-10-16(2)14-24-18;/h5-11,14,28H,4,12-13,15H2,1-3H3,(H2,22,23,25)(H,24,26,27);1H. The van der Waals surface area contributed by atoms with Gasteiger partial charge in [-0.2, -0.15) is 0 Å². The van der Waals surface area contributed by atoms with E-state index in [0.717, 1.165) is 11.1 Å². The molecule has 2 rings (SSSR count). The summed E-state index contributed by atoms with van der Waals surface area (Å²) in [5.74, 6) is 0.964. The molecule has 0 saturated carbocycles. The van der Waals surface area contributed by atoms with Gasteiger partial charge in [0.05, 0.1) is 6.54 Å². The summed E-state index contributed by atoms with van der Waals surface area (Å²) in [6.45, 7) is 6.93. The van der Waals surface area contributed by atoms with Crippen LogP contribution in [0.3, 0.4) is 0 Å². The van der Waals surface area contributed by atoms with E-state index in [0.29, 0.717) is 24.9 Å². The predicted molar refractivity (Wildman–Crippen MR) is 128 cm³/mol. The molecule has 0 bridgehead atoms. The summed E-state index contributed by atoms with van der Waals surface area (Å²) in [6, 6.07) is 13.1. The minimum atomic E-state index is -1.07. The molecule has 1 aromatic heterocycles. The molecule has 158 valence electrons. The Bertz CT molecular complexity index is 779. The SMILES string of the molecule is CCNC(=NCC(C)(O)c1ccccc1)NCCC(=O)Nc1ccc(C)cn1.I. The van der Waals surface area contributed by atoms with Crippen molar-refractivity contribution in [2.75, 3.05) is 25.0 Å². The zero-order chi connectivity index (χ0) is 20.4. The molecule has 0 aliphatic rings. The number of halogens is 1. The number of benzene rings is 1. The van der Waals surface area contributed by atoms with Crippen LogP contribution in [0.25, 0.3) is 0 Å². The van der Waals surface area contributed by atoms with Crippen LogP contribution in [0.5, 0.6) is 0 Å². The van der Waals surface area contributed by atoms with Gasteiger partial charge in [-0.1, -0.05) is 36.4 Å². The summed E-state index contributed by atoms with van der Waals surface area (Å²) >= 11 is 0. The van der Waals surface area contributed by atoms with Gasteiger partial charge < -0.3 is 21.1 Å². The second-order valence-corrected chi connectivity index (χ2v) is 6.78. The first-order chi connectivity index (χ1) is 13.4. The topological polar surface area (TPSA) is 98.6 Å². The van der Waals surface area contributed by atoms with Gasteiger partial charge in [0, 0.05) is 25.7 Å². The second kappa shape index (κ2) is 12.4. The number of guanidine groups is 1. The van der Waals surface area contributed by atoms with Gasteiger partial charge in [0.2, 0.25) is 5.91 Å². The van der Waals surface area contributed by atoms with E-state index in [4.69, 9.17) is 0 Å². The normalized spacial score (nSPS) is 13.0. The first kappa shape index (κ1) is 24.8. The largest absolute Gasteiger partial charge is 0.384 e. The lowest BCUT2D eigenvalue weighted by molar-refractivity contribution is -0.116. The van der Waals surface area contributed by atoms with E-state index in [2.05, 4.69) is 25.9 Å². The van der Waals surface area contributed by atoms with Gasteiger partial charge in [-0.15, -0.1) is 24.0 Å². The van der Waals surface area contributed by atoms with E-state index in [9.17, 15) is 9.90 Å². The molecule has 1 heterocycles. The number of hydrogen-bond acceptors (Lipinski definition) is 4. The summed E-state index contributed by atoms with van der Waals surface area (Å²) in [4.78, 5) is 20.7. The Balaban J connectivity index is 0.00000420. The maximum absolute atomic E-state index is 12.0. The number of pyridine rings is 1. The molecule has 0 aliphatic heterocycles. The summed E-state index contributed by atoms with van der Waals surface area (Å²) < 4.78 is 0. The lowest BCUT2D eigenvalue weighted by atomic mass is 9.96. The maximum atomic E-state index is 12.0. The third kappa shape index (κ3) is 8.78. The van der Waals surface area contributed by atoms with Crippen LogP contribution in [0.15, 0.2) is 53.7 Å². The smallest absolute Gasteiger partial charge is 0.227 e. The minimum absolute atomic E-state index is 0. The summed E-state index contributed by atoms with van der Waals surface area (Å²) in [7, 11) is 0. The van der Waals surface area contributed by atoms with E-state index in [1.165, 1.54) is 0 Å². The van der Waals surface area contributed by atoms with E-state index in [1.807, 2.05) is 50.2 Å². The number of hydrogen-bond donors (Lipinski definition) is 4. The molecule has 1 atom stereocenters. The highest BCUT2D eigenvalue weighted by Gasteiger charge is 2.22. The van der Waals surface area contributed by atoms with Gasteiger partial charge in [0.25, 0.3) is 0 Å². The van der Waals surface area contributed by atoms with Crippen LogP contribution < -0.4 is 16.0 Å². The van der Waals surface area contributed by atoms with E-state index in [1.54, 1.807) is 19.2 Å².